The van der Waals surface area contributed by atoms with Crippen molar-refractivity contribution in [1.29, 1.82) is 0 Å². The van der Waals surface area contributed by atoms with E-state index in [-0.39, 0.29) is 16.0 Å². The minimum Gasteiger partial charge on any atom is -0.378 e. The number of carbonyl (C=O) groups excluding carboxylic acids is 1. The molecule has 6 nitrogen and oxygen atoms in total. The summed E-state index contributed by atoms with van der Waals surface area (Å²) in [4.78, 5) is 21.7. The first-order chi connectivity index (χ1) is 9.41. The first kappa shape index (κ1) is 14.6. The van der Waals surface area contributed by atoms with Crippen LogP contribution in [0, 0.1) is 10.1 Å². The molecule has 1 aliphatic rings. The van der Waals surface area contributed by atoms with E-state index in [4.69, 9.17) is 5.73 Å². The zero-order valence-corrected chi connectivity index (χ0v) is 12.0. The summed E-state index contributed by atoms with van der Waals surface area (Å²) >= 11 is 1.88. The Morgan fingerprint density at radius 1 is 1.60 bits per heavy atom. The number of rotatable bonds is 5. The molecule has 0 spiro atoms. The number of carbonyl (C=O) groups is 1. The van der Waals surface area contributed by atoms with E-state index in [2.05, 4.69) is 12.2 Å². The van der Waals surface area contributed by atoms with Gasteiger partial charge in [-0.05, 0) is 37.7 Å². The Morgan fingerprint density at radius 2 is 2.35 bits per heavy atom. The molecule has 1 heterocycles. The summed E-state index contributed by atoms with van der Waals surface area (Å²) < 4.78 is 0.107. The van der Waals surface area contributed by atoms with Crippen molar-refractivity contribution in [1.82, 2.24) is 0 Å². The predicted octanol–water partition coefficient (Wildman–Crippen LogP) is 2.39. The Balaban J connectivity index is 2.18. The summed E-state index contributed by atoms with van der Waals surface area (Å²) in [6.45, 7) is 2.82. The predicted molar refractivity (Wildman–Crippen MR) is 80.2 cm³/mol. The van der Waals surface area contributed by atoms with E-state index in [0.29, 0.717) is 12.2 Å². The van der Waals surface area contributed by atoms with Crippen LogP contribution in [-0.2, 0) is 0 Å². The van der Waals surface area contributed by atoms with Crippen molar-refractivity contribution in [2.75, 3.05) is 17.6 Å². The van der Waals surface area contributed by atoms with E-state index in [0.717, 1.165) is 12.2 Å². The van der Waals surface area contributed by atoms with Crippen LogP contribution in [0.2, 0.25) is 0 Å². The molecule has 0 bridgehead atoms. The average molecular weight is 295 g/mol. The van der Waals surface area contributed by atoms with Gasteiger partial charge in [-0.1, -0.05) is 0 Å². The van der Waals surface area contributed by atoms with Crippen LogP contribution in [0.4, 0.5) is 11.4 Å². The van der Waals surface area contributed by atoms with Crippen LogP contribution < -0.4 is 11.1 Å². The van der Waals surface area contributed by atoms with Crippen LogP contribution in [-0.4, -0.2) is 27.9 Å². The highest BCUT2D eigenvalue weighted by atomic mass is 32.2. The van der Waals surface area contributed by atoms with Crippen LogP contribution >= 0.6 is 11.8 Å². The molecule has 1 aromatic rings. The normalized spacial score (nSPS) is 21.6. The number of nitrogens with two attached hydrogens (primary N) is 1. The Morgan fingerprint density at radius 3 is 2.90 bits per heavy atom. The fourth-order valence-corrected chi connectivity index (χ4v) is 3.49. The van der Waals surface area contributed by atoms with Gasteiger partial charge in [0.15, 0.2) is 0 Å². The molecule has 0 saturated carbocycles. The number of anilines is 1. The smallest absolute Gasteiger partial charge is 0.293 e. The van der Waals surface area contributed by atoms with Gasteiger partial charge in [0.1, 0.15) is 5.69 Å². The fraction of sp³-hybridized carbons (Fsp3) is 0.462. The number of amides is 1. The lowest BCUT2D eigenvalue weighted by molar-refractivity contribution is -0.384. The standard InChI is InChI=1S/C13H17N3O3S/c1-13(5-2-6-20-13)8-15-10-4-3-9(12(14)17)7-11(10)16(18)19/h3-4,7,15H,2,5-6,8H2,1H3,(H2,14,17). The van der Waals surface area contributed by atoms with Crippen molar-refractivity contribution in [3.63, 3.8) is 0 Å². The molecule has 7 heteroatoms. The second kappa shape index (κ2) is 5.70. The van der Waals surface area contributed by atoms with Crippen LogP contribution in [0.5, 0.6) is 0 Å². The van der Waals surface area contributed by atoms with Crippen molar-refractivity contribution in [3.05, 3.63) is 33.9 Å². The van der Waals surface area contributed by atoms with Crippen LogP contribution in [0.1, 0.15) is 30.1 Å². The summed E-state index contributed by atoms with van der Waals surface area (Å²) in [6.07, 6.45) is 2.27. The van der Waals surface area contributed by atoms with Gasteiger partial charge in [-0.25, -0.2) is 0 Å². The quantitative estimate of drug-likeness (QED) is 0.642. The number of nitro benzene ring substituents is 1. The number of primary amides is 1. The maximum atomic E-state index is 11.1. The van der Waals surface area contributed by atoms with E-state index < -0.39 is 10.8 Å². The van der Waals surface area contributed by atoms with E-state index in [1.165, 1.54) is 18.6 Å². The Labute approximate surface area is 121 Å². The molecule has 1 fully saturated rings. The van der Waals surface area contributed by atoms with Crippen LogP contribution in [0.25, 0.3) is 0 Å². The maximum Gasteiger partial charge on any atom is 0.293 e. The number of benzene rings is 1. The molecule has 3 N–H and O–H groups in total. The third-order valence-corrected chi connectivity index (χ3v) is 4.97. The van der Waals surface area contributed by atoms with Crippen molar-refractivity contribution >= 4 is 29.0 Å². The molecule has 1 unspecified atom stereocenters. The zero-order chi connectivity index (χ0) is 14.8. The molecular formula is C13H17N3O3S. The molecule has 1 aromatic carbocycles. The van der Waals surface area contributed by atoms with Gasteiger partial charge in [-0.15, -0.1) is 0 Å². The molecule has 0 radical (unpaired) electrons. The molecule has 108 valence electrons. The Hall–Kier alpha value is -1.76. The number of hydrogen-bond donors (Lipinski definition) is 2. The molecule has 1 saturated heterocycles. The fourth-order valence-electron chi connectivity index (χ4n) is 2.24. The highest BCUT2D eigenvalue weighted by molar-refractivity contribution is 8.00. The molecule has 1 atom stereocenters. The summed E-state index contributed by atoms with van der Waals surface area (Å²) in [6, 6.07) is 4.26. The number of nitrogens with one attached hydrogen (secondary N) is 1. The number of thioether (sulfide) groups is 1. The van der Waals surface area contributed by atoms with Gasteiger partial charge in [0.2, 0.25) is 5.91 Å². The lowest BCUT2D eigenvalue weighted by atomic mass is 10.1. The van der Waals surface area contributed by atoms with E-state index in [1.807, 2.05) is 11.8 Å². The number of nitrogens with zero attached hydrogens (tertiary/aromatic N) is 1. The van der Waals surface area contributed by atoms with E-state index in [9.17, 15) is 14.9 Å². The summed E-state index contributed by atoms with van der Waals surface area (Å²) in [5, 5.41) is 14.2. The lowest BCUT2D eigenvalue weighted by Crippen LogP contribution is -2.27. The number of nitro groups is 1. The minimum atomic E-state index is -0.669. The van der Waals surface area contributed by atoms with Gasteiger partial charge in [0.25, 0.3) is 5.69 Å². The highest BCUT2D eigenvalue weighted by Crippen LogP contribution is 2.38. The Bertz CT molecular complexity index is 542. The summed E-state index contributed by atoms with van der Waals surface area (Å²) in [5.41, 5.74) is 5.59. The number of hydrogen-bond acceptors (Lipinski definition) is 5. The van der Waals surface area contributed by atoms with Crippen molar-refractivity contribution < 1.29 is 9.72 Å². The molecule has 1 aliphatic heterocycles. The van der Waals surface area contributed by atoms with E-state index >= 15 is 0 Å². The van der Waals surface area contributed by atoms with Gasteiger partial charge >= 0.3 is 0 Å². The SMILES string of the molecule is CC1(CNc2ccc(C(N)=O)cc2[N+](=O)[O-])CCCS1. The zero-order valence-electron chi connectivity index (χ0n) is 11.2. The summed E-state index contributed by atoms with van der Waals surface area (Å²) in [7, 11) is 0. The maximum absolute atomic E-state index is 11.1. The summed E-state index contributed by atoms with van der Waals surface area (Å²) in [5.74, 6) is 0.457. The van der Waals surface area contributed by atoms with Gasteiger partial charge in [0.05, 0.1) is 4.92 Å². The second-order valence-corrected chi connectivity index (χ2v) is 6.79. The first-order valence-corrected chi connectivity index (χ1v) is 7.36. The lowest BCUT2D eigenvalue weighted by Gasteiger charge is -2.23. The molecular weight excluding hydrogens is 278 g/mol. The largest absolute Gasteiger partial charge is 0.378 e. The van der Waals surface area contributed by atoms with Gasteiger partial charge in [0, 0.05) is 22.9 Å². The van der Waals surface area contributed by atoms with Crippen molar-refractivity contribution in [3.8, 4) is 0 Å². The highest BCUT2D eigenvalue weighted by Gasteiger charge is 2.30. The molecule has 0 aliphatic carbocycles. The molecule has 2 rings (SSSR count). The van der Waals surface area contributed by atoms with Gasteiger partial charge < -0.3 is 11.1 Å². The topological polar surface area (TPSA) is 98.3 Å². The van der Waals surface area contributed by atoms with E-state index in [1.54, 1.807) is 6.07 Å². The average Bonchev–Trinajstić information content (AvgIpc) is 2.83. The molecule has 20 heavy (non-hydrogen) atoms. The van der Waals surface area contributed by atoms with Gasteiger partial charge in [-0.3, -0.25) is 14.9 Å². The van der Waals surface area contributed by atoms with Crippen molar-refractivity contribution in [2.45, 2.75) is 24.5 Å². The monoisotopic (exact) mass is 295 g/mol. The first-order valence-electron chi connectivity index (χ1n) is 6.37. The van der Waals surface area contributed by atoms with Gasteiger partial charge in [-0.2, -0.15) is 11.8 Å². The van der Waals surface area contributed by atoms with Crippen LogP contribution in [0.3, 0.4) is 0 Å². The minimum absolute atomic E-state index is 0.107. The second-order valence-electron chi connectivity index (χ2n) is 5.11. The molecule has 0 aromatic heterocycles. The Kier molecular flexibility index (Phi) is 4.17. The third kappa shape index (κ3) is 3.22. The van der Waals surface area contributed by atoms with Crippen LogP contribution in [0.15, 0.2) is 18.2 Å². The molecule has 1 amide bonds. The van der Waals surface area contributed by atoms with Crippen molar-refractivity contribution in [2.24, 2.45) is 5.73 Å². The third-order valence-electron chi connectivity index (χ3n) is 3.43.